The zero-order chi connectivity index (χ0) is 13.8. The van der Waals surface area contributed by atoms with E-state index in [1.54, 1.807) is 29.0 Å². The van der Waals surface area contributed by atoms with Crippen LogP contribution in [0.5, 0.6) is 0 Å². The highest BCUT2D eigenvalue weighted by Crippen LogP contribution is 2.26. The first-order chi connectivity index (χ1) is 9.13. The van der Waals surface area contributed by atoms with Gasteiger partial charge in [0.25, 0.3) is 5.69 Å². The van der Waals surface area contributed by atoms with Gasteiger partial charge in [-0.15, -0.1) is 0 Å². The Balaban J connectivity index is 2.31. The van der Waals surface area contributed by atoms with Crippen molar-refractivity contribution < 1.29 is 9.72 Å². The summed E-state index contributed by atoms with van der Waals surface area (Å²) in [5.41, 5.74) is 0.620. The Morgan fingerprint density at radius 2 is 2.26 bits per heavy atom. The summed E-state index contributed by atoms with van der Waals surface area (Å²) < 4.78 is 1.61. The van der Waals surface area contributed by atoms with Crippen LogP contribution >= 0.6 is 0 Å². The smallest absolute Gasteiger partial charge is 0.278 e. The molecule has 0 bridgehead atoms. The van der Waals surface area contributed by atoms with Gasteiger partial charge in [-0.1, -0.05) is 6.07 Å². The summed E-state index contributed by atoms with van der Waals surface area (Å²) in [6.45, 7) is -0.0372. The number of fused-ring (bicyclic) bond motifs is 1. The normalized spacial score (nSPS) is 10.1. The number of nitro groups is 1. The monoisotopic (exact) mass is 258 g/mol. The van der Waals surface area contributed by atoms with Gasteiger partial charge in [-0.2, -0.15) is 5.26 Å². The quantitative estimate of drug-likeness (QED) is 0.505. The van der Waals surface area contributed by atoms with E-state index in [4.69, 9.17) is 5.26 Å². The summed E-state index contributed by atoms with van der Waals surface area (Å²) in [6, 6.07) is 8.11. The fraction of sp³-hybridized carbons (Fsp3) is 0.167. The molecule has 0 atom stereocenters. The van der Waals surface area contributed by atoms with Gasteiger partial charge in [-0.05, 0) is 12.1 Å². The van der Waals surface area contributed by atoms with Gasteiger partial charge < -0.3 is 9.88 Å². The molecule has 0 unspecified atom stereocenters. The van der Waals surface area contributed by atoms with Crippen LogP contribution < -0.4 is 5.32 Å². The number of benzene rings is 1. The van der Waals surface area contributed by atoms with E-state index in [1.807, 2.05) is 6.07 Å². The van der Waals surface area contributed by atoms with Crippen molar-refractivity contribution in [3.8, 4) is 6.07 Å². The predicted octanol–water partition coefficient (Wildman–Crippen LogP) is 1.19. The lowest BCUT2D eigenvalue weighted by atomic mass is 10.2. The van der Waals surface area contributed by atoms with E-state index < -0.39 is 4.92 Å². The zero-order valence-electron chi connectivity index (χ0n) is 9.87. The van der Waals surface area contributed by atoms with Crippen LogP contribution in [0.4, 0.5) is 5.69 Å². The van der Waals surface area contributed by atoms with E-state index in [0.29, 0.717) is 10.9 Å². The Morgan fingerprint density at radius 3 is 2.95 bits per heavy atom. The minimum Gasteiger partial charge on any atom is -0.341 e. The molecule has 1 N–H and O–H groups in total. The first kappa shape index (κ1) is 12.6. The minimum absolute atomic E-state index is 0.00804. The van der Waals surface area contributed by atoms with Crippen molar-refractivity contribution in [2.75, 3.05) is 6.54 Å². The van der Waals surface area contributed by atoms with Crippen LogP contribution in [-0.2, 0) is 11.3 Å². The van der Waals surface area contributed by atoms with Gasteiger partial charge in [-0.25, -0.2) is 0 Å². The molecule has 0 aliphatic rings. The van der Waals surface area contributed by atoms with E-state index in [1.165, 1.54) is 6.07 Å². The molecule has 0 saturated carbocycles. The second kappa shape index (κ2) is 5.18. The first-order valence-electron chi connectivity index (χ1n) is 5.49. The van der Waals surface area contributed by atoms with Gasteiger partial charge in [0.15, 0.2) is 0 Å². The molecule has 0 spiro atoms. The number of amides is 1. The fourth-order valence-electron chi connectivity index (χ4n) is 1.85. The van der Waals surface area contributed by atoms with Gasteiger partial charge in [0.1, 0.15) is 13.1 Å². The Kier molecular flexibility index (Phi) is 3.43. The van der Waals surface area contributed by atoms with E-state index in [-0.39, 0.29) is 24.7 Å². The number of nitrogens with zero attached hydrogens (tertiary/aromatic N) is 3. The molecule has 1 aromatic heterocycles. The number of non-ortho nitro benzene ring substituents is 1. The summed E-state index contributed by atoms with van der Waals surface area (Å²) in [5.74, 6) is -0.314. The van der Waals surface area contributed by atoms with E-state index in [9.17, 15) is 14.9 Å². The predicted molar refractivity (Wildman–Crippen MR) is 67.2 cm³/mol. The molecule has 7 nitrogen and oxygen atoms in total. The van der Waals surface area contributed by atoms with E-state index in [2.05, 4.69) is 5.32 Å². The lowest BCUT2D eigenvalue weighted by Gasteiger charge is -2.04. The molecule has 1 heterocycles. The van der Waals surface area contributed by atoms with Crippen molar-refractivity contribution in [2.45, 2.75) is 6.54 Å². The van der Waals surface area contributed by atoms with Crippen LogP contribution in [0, 0.1) is 21.4 Å². The maximum absolute atomic E-state index is 11.5. The van der Waals surface area contributed by atoms with Gasteiger partial charge in [0.05, 0.1) is 21.9 Å². The summed E-state index contributed by atoms with van der Waals surface area (Å²) >= 11 is 0. The number of nitro benzene ring substituents is 1. The minimum atomic E-state index is -0.456. The summed E-state index contributed by atoms with van der Waals surface area (Å²) in [4.78, 5) is 21.9. The molecule has 0 saturated heterocycles. The van der Waals surface area contributed by atoms with Crippen LogP contribution in [0.1, 0.15) is 0 Å². The molecule has 0 aliphatic carbocycles. The molecular weight excluding hydrogens is 248 g/mol. The third-order valence-electron chi connectivity index (χ3n) is 2.67. The Labute approximate surface area is 108 Å². The van der Waals surface area contributed by atoms with Gasteiger partial charge in [0.2, 0.25) is 5.91 Å². The molecular formula is C12H10N4O3. The number of carbonyl (C=O) groups excluding carboxylic acids is 1. The number of aromatic nitrogens is 1. The fourth-order valence-corrected chi connectivity index (χ4v) is 1.85. The van der Waals surface area contributed by atoms with Crippen molar-refractivity contribution in [1.82, 2.24) is 9.88 Å². The highest BCUT2D eigenvalue weighted by atomic mass is 16.6. The van der Waals surface area contributed by atoms with Crippen LogP contribution in [0.25, 0.3) is 10.9 Å². The highest BCUT2D eigenvalue weighted by Gasteiger charge is 2.14. The molecule has 19 heavy (non-hydrogen) atoms. The summed E-state index contributed by atoms with van der Waals surface area (Å²) in [6.07, 6.45) is 1.61. The second-order valence-corrected chi connectivity index (χ2v) is 3.85. The largest absolute Gasteiger partial charge is 0.341 e. The van der Waals surface area contributed by atoms with Crippen LogP contribution in [0.15, 0.2) is 30.5 Å². The number of hydrogen-bond donors (Lipinski definition) is 1. The number of rotatable bonds is 4. The molecule has 7 heteroatoms. The SMILES string of the molecule is N#CCNC(=O)Cn1ccc2c([N+](=O)[O-])cccc21. The number of nitriles is 1. The van der Waals surface area contributed by atoms with Gasteiger partial charge in [-0.3, -0.25) is 14.9 Å². The third-order valence-corrected chi connectivity index (χ3v) is 2.67. The number of carbonyl (C=O) groups is 1. The maximum atomic E-state index is 11.5. The van der Waals surface area contributed by atoms with Crippen LogP contribution in [-0.4, -0.2) is 21.9 Å². The van der Waals surface area contributed by atoms with Crippen molar-refractivity contribution in [1.29, 1.82) is 5.26 Å². The second-order valence-electron chi connectivity index (χ2n) is 3.85. The van der Waals surface area contributed by atoms with Crippen LogP contribution in [0.3, 0.4) is 0 Å². The Bertz CT molecular complexity index is 684. The van der Waals surface area contributed by atoms with Crippen molar-refractivity contribution >= 4 is 22.5 Å². The molecule has 0 fully saturated rings. The molecule has 0 aliphatic heterocycles. The molecule has 1 aromatic carbocycles. The van der Waals surface area contributed by atoms with Crippen LogP contribution in [0.2, 0.25) is 0 Å². The van der Waals surface area contributed by atoms with Crippen molar-refractivity contribution in [3.05, 3.63) is 40.6 Å². The standard InChI is InChI=1S/C12H10N4O3/c13-5-6-14-12(17)8-15-7-4-9-10(15)2-1-3-11(9)16(18)19/h1-4,7H,6,8H2,(H,14,17). The lowest BCUT2D eigenvalue weighted by molar-refractivity contribution is -0.383. The molecule has 1 amide bonds. The average Bonchev–Trinajstić information content (AvgIpc) is 2.79. The average molecular weight is 258 g/mol. The first-order valence-corrected chi connectivity index (χ1v) is 5.49. The molecule has 96 valence electrons. The van der Waals surface area contributed by atoms with Gasteiger partial charge >= 0.3 is 0 Å². The van der Waals surface area contributed by atoms with Crippen molar-refractivity contribution in [2.24, 2.45) is 0 Å². The lowest BCUT2D eigenvalue weighted by Crippen LogP contribution is -2.27. The molecule has 2 rings (SSSR count). The number of hydrogen-bond acceptors (Lipinski definition) is 4. The maximum Gasteiger partial charge on any atom is 0.278 e. The third kappa shape index (κ3) is 2.52. The zero-order valence-corrected chi connectivity index (χ0v) is 9.87. The summed E-state index contributed by atoms with van der Waals surface area (Å²) in [5, 5.41) is 22.1. The Morgan fingerprint density at radius 1 is 1.47 bits per heavy atom. The van der Waals surface area contributed by atoms with Gasteiger partial charge in [0, 0.05) is 12.3 Å². The summed E-state index contributed by atoms with van der Waals surface area (Å²) in [7, 11) is 0. The number of nitrogens with one attached hydrogen (secondary N) is 1. The topological polar surface area (TPSA) is 101 Å². The highest BCUT2D eigenvalue weighted by molar-refractivity contribution is 5.90. The van der Waals surface area contributed by atoms with Crippen molar-refractivity contribution in [3.63, 3.8) is 0 Å². The van der Waals surface area contributed by atoms with E-state index >= 15 is 0 Å². The van der Waals surface area contributed by atoms with E-state index in [0.717, 1.165) is 0 Å². The Hall–Kier alpha value is -2.88. The molecule has 2 aromatic rings. The molecule has 0 radical (unpaired) electrons.